The molecule has 0 radical (unpaired) electrons. The number of phenols is 2. The van der Waals surface area contributed by atoms with Crippen LogP contribution >= 0.6 is 15.9 Å². The number of nitrogens with one attached hydrogen (secondary N) is 1. The minimum atomic E-state index is -1.11. The van der Waals surface area contributed by atoms with E-state index in [-0.39, 0.29) is 22.6 Å². The number of carboxylic acid groups (broad SMARTS) is 1. The molecule has 108 valence electrons. The number of hydrogen-bond donors (Lipinski definition) is 4. The lowest BCUT2D eigenvalue weighted by Crippen LogP contribution is -2.12. The van der Waals surface area contributed by atoms with E-state index >= 15 is 0 Å². The zero-order valence-corrected chi connectivity index (χ0v) is 12.1. The quantitative estimate of drug-likeness (QED) is 0.636. The SMILES string of the molecule is O=C(O)c1ccc(Br)c(NC(=O)c2ccc(O)c(O)c2)c1. The second-order valence-corrected chi connectivity index (χ2v) is 5.01. The first-order chi connectivity index (χ1) is 9.88. The van der Waals surface area contributed by atoms with E-state index in [1.165, 1.54) is 30.3 Å². The van der Waals surface area contributed by atoms with Gasteiger partial charge < -0.3 is 20.6 Å². The highest BCUT2D eigenvalue weighted by Gasteiger charge is 2.12. The number of halogens is 1. The molecular weight excluding hydrogens is 342 g/mol. The monoisotopic (exact) mass is 351 g/mol. The Labute approximate surface area is 127 Å². The highest BCUT2D eigenvalue weighted by atomic mass is 79.9. The van der Waals surface area contributed by atoms with Crippen LogP contribution in [-0.2, 0) is 0 Å². The fourth-order valence-electron chi connectivity index (χ4n) is 1.61. The van der Waals surface area contributed by atoms with Crippen LogP contribution in [0.2, 0.25) is 0 Å². The van der Waals surface area contributed by atoms with Crippen molar-refractivity contribution in [2.24, 2.45) is 0 Å². The lowest BCUT2D eigenvalue weighted by atomic mass is 10.1. The Hall–Kier alpha value is -2.54. The van der Waals surface area contributed by atoms with E-state index in [4.69, 9.17) is 5.11 Å². The van der Waals surface area contributed by atoms with Gasteiger partial charge in [-0.05, 0) is 52.3 Å². The summed E-state index contributed by atoms with van der Waals surface area (Å²) in [6.07, 6.45) is 0. The maximum absolute atomic E-state index is 12.0. The highest BCUT2D eigenvalue weighted by molar-refractivity contribution is 9.10. The Balaban J connectivity index is 2.28. The summed E-state index contributed by atoms with van der Waals surface area (Å²) in [5.41, 5.74) is 0.437. The smallest absolute Gasteiger partial charge is 0.335 e. The van der Waals surface area contributed by atoms with E-state index in [9.17, 15) is 19.8 Å². The third kappa shape index (κ3) is 3.32. The molecule has 0 spiro atoms. The summed E-state index contributed by atoms with van der Waals surface area (Å²) < 4.78 is 0.517. The number of carboxylic acids is 1. The number of aromatic hydroxyl groups is 2. The fraction of sp³-hybridized carbons (Fsp3) is 0. The number of anilines is 1. The lowest BCUT2D eigenvalue weighted by Gasteiger charge is -2.09. The first kappa shape index (κ1) is 14.9. The topological polar surface area (TPSA) is 107 Å². The van der Waals surface area contributed by atoms with Crippen molar-refractivity contribution in [3.63, 3.8) is 0 Å². The van der Waals surface area contributed by atoms with Crippen molar-refractivity contribution < 1.29 is 24.9 Å². The van der Waals surface area contributed by atoms with Crippen LogP contribution in [0.15, 0.2) is 40.9 Å². The molecule has 0 saturated carbocycles. The van der Waals surface area contributed by atoms with E-state index in [0.29, 0.717) is 4.47 Å². The largest absolute Gasteiger partial charge is 0.504 e. The van der Waals surface area contributed by atoms with Gasteiger partial charge in [0.2, 0.25) is 0 Å². The van der Waals surface area contributed by atoms with Gasteiger partial charge in [-0.2, -0.15) is 0 Å². The summed E-state index contributed by atoms with van der Waals surface area (Å²) in [5, 5.41) is 30.0. The van der Waals surface area contributed by atoms with E-state index in [1.807, 2.05) is 0 Å². The summed E-state index contributed by atoms with van der Waals surface area (Å²) >= 11 is 3.21. The van der Waals surface area contributed by atoms with Crippen molar-refractivity contribution in [1.82, 2.24) is 0 Å². The lowest BCUT2D eigenvalue weighted by molar-refractivity contribution is 0.0696. The van der Waals surface area contributed by atoms with Crippen LogP contribution in [0.3, 0.4) is 0 Å². The molecule has 0 aliphatic rings. The third-order valence-corrected chi connectivity index (χ3v) is 3.39. The van der Waals surface area contributed by atoms with Crippen molar-refractivity contribution >= 4 is 33.5 Å². The van der Waals surface area contributed by atoms with Crippen molar-refractivity contribution in [3.8, 4) is 11.5 Å². The molecule has 0 atom stereocenters. The number of phenolic OH excluding ortho intramolecular Hbond substituents is 2. The van der Waals surface area contributed by atoms with Gasteiger partial charge in [0.1, 0.15) is 0 Å². The molecule has 0 heterocycles. The Morgan fingerprint density at radius 2 is 1.62 bits per heavy atom. The molecule has 6 nitrogen and oxygen atoms in total. The zero-order valence-electron chi connectivity index (χ0n) is 10.5. The van der Waals surface area contributed by atoms with Gasteiger partial charge in [-0.25, -0.2) is 4.79 Å². The molecule has 0 unspecified atom stereocenters. The summed E-state index contributed by atoms with van der Waals surface area (Å²) in [5.74, 6) is -2.41. The number of aromatic carboxylic acids is 1. The Bertz CT molecular complexity index is 729. The number of benzene rings is 2. The van der Waals surface area contributed by atoms with Gasteiger partial charge in [0, 0.05) is 10.0 Å². The van der Waals surface area contributed by atoms with Gasteiger partial charge in [0.25, 0.3) is 5.91 Å². The van der Waals surface area contributed by atoms with Crippen LogP contribution in [0.1, 0.15) is 20.7 Å². The van der Waals surface area contributed by atoms with Crippen molar-refractivity contribution in [2.75, 3.05) is 5.32 Å². The molecule has 0 aromatic heterocycles. The van der Waals surface area contributed by atoms with E-state index < -0.39 is 17.6 Å². The van der Waals surface area contributed by atoms with Crippen molar-refractivity contribution in [2.45, 2.75) is 0 Å². The normalized spacial score (nSPS) is 10.1. The highest BCUT2D eigenvalue weighted by Crippen LogP contribution is 2.27. The number of carbonyl (C=O) groups is 2. The number of amides is 1. The van der Waals surface area contributed by atoms with Crippen LogP contribution in [0, 0.1) is 0 Å². The molecule has 2 rings (SSSR count). The maximum Gasteiger partial charge on any atom is 0.335 e. The second kappa shape index (κ2) is 5.84. The molecule has 2 aromatic carbocycles. The average Bonchev–Trinajstić information content (AvgIpc) is 2.43. The minimum absolute atomic E-state index is 0.0297. The fourth-order valence-corrected chi connectivity index (χ4v) is 1.96. The standard InChI is InChI=1S/C14H10BrNO5/c15-9-3-1-8(14(20)21)5-10(9)16-13(19)7-2-4-11(17)12(18)6-7/h1-6,17-18H,(H,16,19)(H,20,21). The molecule has 4 N–H and O–H groups in total. The van der Waals surface area contributed by atoms with E-state index in [1.54, 1.807) is 0 Å². The second-order valence-electron chi connectivity index (χ2n) is 4.16. The molecule has 0 fully saturated rings. The van der Waals surface area contributed by atoms with Gasteiger partial charge in [-0.15, -0.1) is 0 Å². The predicted octanol–water partition coefficient (Wildman–Crippen LogP) is 2.81. The molecule has 1 amide bonds. The van der Waals surface area contributed by atoms with Crippen LogP contribution in [0.5, 0.6) is 11.5 Å². The number of hydrogen-bond acceptors (Lipinski definition) is 4. The Morgan fingerprint density at radius 3 is 2.24 bits per heavy atom. The van der Waals surface area contributed by atoms with E-state index in [0.717, 1.165) is 6.07 Å². The first-order valence-corrected chi connectivity index (χ1v) is 6.54. The van der Waals surface area contributed by atoms with Crippen LogP contribution < -0.4 is 5.32 Å². The zero-order chi connectivity index (χ0) is 15.6. The molecule has 0 bridgehead atoms. The Morgan fingerprint density at radius 1 is 0.952 bits per heavy atom. The summed E-state index contributed by atoms with van der Waals surface area (Å²) in [4.78, 5) is 23.0. The van der Waals surface area contributed by atoms with Gasteiger partial charge >= 0.3 is 5.97 Å². The third-order valence-electron chi connectivity index (χ3n) is 2.70. The minimum Gasteiger partial charge on any atom is -0.504 e. The Kier molecular flexibility index (Phi) is 4.13. The van der Waals surface area contributed by atoms with Gasteiger partial charge in [-0.1, -0.05) is 0 Å². The molecule has 0 aliphatic carbocycles. The molecule has 0 aliphatic heterocycles. The molecule has 2 aromatic rings. The predicted molar refractivity (Wildman–Crippen MR) is 78.8 cm³/mol. The molecule has 0 saturated heterocycles. The van der Waals surface area contributed by atoms with Crippen molar-refractivity contribution in [3.05, 3.63) is 52.0 Å². The summed E-state index contributed by atoms with van der Waals surface area (Å²) in [6, 6.07) is 7.85. The van der Waals surface area contributed by atoms with E-state index in [2.05, 4.69) is 21.2 Å². The summed E-state index contributed by atoms with van der Waals surface area (Å²) in [7, 11) is 0. The summed E-state index contributed by atoms with van der Waals surface area (Å²) in [6.45, 7) is 0. The molecule has 7 heteroatoms. The first-order valence-electron chi connectivity index (χ1n) is 5.74. The van der Waals surface area contributed by atoms with Gasteiger partial charge in [0.05, 0.1) is 11.3 Å². The van der Waals surface area contributed by atoms with Crippen molar-refractivity contribution in [1.29, 1.82) is 0 Å². The van der Waals surface area contributed by atoms with Crippen LogP contribution in [-0.4, -0.2) is 27.2 Å². The maximum atomic E-state index is 12.0. The number of rotatable bonds is 3. The number of carbonyl (C=O) groups excluding carboxylic acids is 1. The van der Waals surface area contributed by atoms with Crippen LogP contribution in [0.25, 0.3) is 0 Å². The van der Waals surface area contributed by atoms with Gasteiger partial charge in [-0.3, -0.25) is 4.79 Å². The molecular formula is C14H10BrNO5. The average molecular weight is 352 g/mol. The molecule has 21 heavy (non-hydrogen) atoms. The van der Waals surface area contributed by atoms with Crippen LogP contribution in [0.4, 0.5) is 5.69 Å². The van der Waals surface area contributed by atoms with Gasteiger partial charge in [0.15, 0.2) is 11.5 Å².